The van der Waals surface area contributed by atoms with Crippen molar-refractivity contribution in [3.8, 4) is 0 Å². The molecule has 0 atom stereocenters. The van der Waals surface area contributed by atoms with Crippen molar-refractivity contribution in [2.75, 3.05) is 18.5 Å². The normalized spacial score (nSPS) is 11.9. The van der Waals surface area contributed by atoms with Gasteiger partial charge in [0.25, 0.3) is 0 Å². The lowest BCUT2D eigenvalue weighted by Crippen LogP contribution is -2.34. The Balaban J connectivity index is 2.81. The van der Waals surface area contributed by atoms with E-state index in [0.717, 1.165) is 0 Å². The molecule has 18 heavy (non-hydrogen) atoms. The van der Waals surface area contributed by atoms with Gasteiger partial charge in [-0.3, -0.25) is 4.90 Å². The van der Waals surface area contributed by atoms with Crippen molar-refractivity contribution in [3.63, 3.8) is 0 Å². The quantitative estimate of drug-likeness (QED) is 0.643. The summed E-state index contributed by atoms with van der Waals surface area (Å²) >= 11 is 5.89. The number of hydrogen-bond donors (Lipinski definition) is 2. The van der Waals surface area contributed by atoms with Crippen LogP contribution in [-0.4, -0.2) is 29.1 Å². The molecule has 102 valence electrons. The third-order valence-electron chi connectivity index (χ3n) is 2.29. The molecule has 0 aromatic carbocycles. The van der Waals surface area contributed by atoms with Crippen molar-refractivity contribution in [3.05, 3.63) is 22.8 Å². The molecule has 0 aliphatic rings. The zero-order valence-electron chi connectivity index (χ0n) is 9.76. The molecule has 3 N–H and O–H groups in total. The van der Waals surface area contributed by atoms with E-state index in [2.05, 4.69) is 10.4 Å². The first kappa shape index (κ1) is 15.0. The first-order valence-electron chi connectivity index (χ1n) is 5.27. The van der Waals surface area contributed by atoms with Gasteiger partial charge < -0.3 is 5.43 Å². The minimum absolute atomic E-state index is 0.0182. The van der Waals surface area contributed by atoms with Crippen molar-refractivity contribution in [2.45, 2.75) is 19.6 Å². The first-order chi connectivity index (χ1) is 8.35. The van der Waals surface area contributed by atoms with Gasteiger partial charge in [-0.05, 0) is 18.7 Å². The van der Waals surface area contributed by atoms with E-state index in [1.54, 1.807) is 19.1 Å². The van der Waals surface area contributed by atoms with Gasteiger partial charge in [0.05, 0.1) is 17.3 Å². The van der Waals surface area contributed by atoms with Gasteiger partial charge >= 0.3 is 6.18 Å². The van der Waals surface area contributed by atoms with Crippen LogP contribution in [0.1, 0.15) is 12.6 Å². The van der Waals surface area contributed by atoms with Crippen molar-refractivity contribution in [1.82, 2.24) is 9.88 Å². The summed E-state index contributed by atoms with van der Waals surface area (Å²) in [7, 11) is 0. The third kappa shape index (κ3) is 4.67. The van der Waals surface area contributed by atoms with Crippen molar-refractivity contribution < 1.29 is 13.2 Å². The molecule has 1 aromatic heterocycles. The Morgan fingerprint density at radius 3 is 2.61 bits per heavy atom. The maximum atomic E-state index is 12.3. The SMILES string of the molecule is CCN(Cc1nc(NN)ccc1Cl)CC(F)(F)F. The third-order valence-corrected chi connectivity index (χ3v) is 2.63. The molecule has 4 nitrogen and oxygen atoms in total. The number of pyridine rings is 1. The Morgan fingerprint density at radius 1 is 1.44 bits per heavy atom. The number of nitrogens with two attached hydrogens (primary N) is 1. The molecule has 0 amide bonds. The lowest BCUT2D eigenvalue weighted by molar-refractivity contribution is -0.146. The summed E-state index contributed by atoms with van der Waals surface area (Å²) in [5.74, 6) is 5.54. The standard InChI is InChI=1S/C10H14ClF3N4/c1-2-18(6-10(12,13)14)5-8-7(11)3-4-9(16-8)17-15/h3-4H,2,5-6,15H2,1H3,(H,16,17). The molecule has 0 spiro atoms. The second-order valence-corrected chi connectivity index (χ2v) is 4.09. The summed E-state index contributed by atoms with van der Waals surface area (Å²) in [5.41, 5.74) is 2.68. The molecule has 0 bridgehead atoms. The lowest BCUT2D eigenvalue weighted by Gasteiger charge is -2.22. The molecule has 0 radical (unpaired) electrons. The van der Waals surface area contributed by atoms with Gasteiger partial charge in [0.1, 0.15) is 5.82 Å². The Morgan fingerprint density at radius 2 is 2.11 bits per heavy atom. The summed E-state index contributed by atoms with van der Waals surface area (Å²) in [6.45, 7) is 0.911. The van der Waals surface area contributed by atoms with Gasteiger partial charge in [-0.15, -0.1) is 0 Å². The van der Waals surface area contributed by atoms with Crippen LogP contribution < -0.4 is 11.3 Å². The number of hydrazine groups is 1. The fraction of sp³-hybridized carbons (Fsp3) is 0.500. The minimum atomic E-state index is -4.24. The average molecular weight is 283 g/mol. The molecule has 0 aliphatic carbocycles. The number of hydrogen-bond acceptors (Lipinski definition) is 4. The highest BCUT2D eigenvalue weighted by atomic mass is 35.5. The summed E-state index contributed by atoms with van der Waals surface area (Å²) in [4.78, 5) is 5.23. The number of rotatable bonds is 5. The van der Waals surface area contributed by atoms with E-state index >= 15 is 0 Å². The van der Waals surface area contributed by atoms with E-state index < -0.39 is 12.7 Å². The van der Waals surface area contributed by atoms with Crippen molar-refractivity contribution in [1.29, 1.82) is 0 Å². The van der Waals surface area contributed by atoms with Crippen LogP contribution in [0.3, 0.4) is 0 Å². The monoisotopic (exact) mass is 282 g/mol. The molecular formula is C10H14ClF3N4. The van der Waals surface area contributed by atoms with Crippen LogP contribution in [0.25, 0.3) is 0 Å². The fourth-order valence-electron chi connectivity index (χ4n) is 1.42. The number of anilines is 1. The second-order valence-electron chi connectivity index (χ2n) is 3.69. The second kappa shape index (κ2) is 6.21. The smallest absolute Gasteiger partial charge is 0.308 e. The van der Waals surface area contributed by atoms with Crippen LogP contribution in [0.5, 0.6) is 0 Å². The number of nitrogen functional groups attached to an aromatic ring is 1. The van der Waals surface area contributed by atoms with E-state index in [-0.39, 0.29) is 13.1 Å². The number of halogens is 4. The molecule has 0 saturated carbocycles. The number of nitrogens with one attached hydrogen (secondary N) is 1. The molecular weight excluding hydrogens is 269 g/mol. The van der Waals surface area contributed by atoms with Crippen molar-refractivity contribution >= 4 is 17.4 Å². The molecule has 0 saturated heterocycles. The Kier molecular flexibility index (Phi) is 5.18. The van der Waals surface area contributed by atoms with Crippen LogP contribution in [0, 0.1) is 0 Å². The Bertz CT molecular complexity index is 397. The van der Waals surface area contributed by atoms with E-state index in [9.17, 15) is 13.2 Å². The number of aromatic nitrogens is 1. The van der Waals surface area contributed by atoms with E-state index in [1.807, 2.05) is 0 Å². The van der Waals surface area contributed by atoms with Gasteiger partial charge in [-0.2, -0.15) is 13.2 Å². The average Bonchev–Trinajstić information content (AvgIpc) is 2.29. The summed E-state index contributed by atoms with van der Waals surface area (Å²) in [6.07, 6.45) is -4.24. The molecule has 0 aliphatic heterocycles. The molecule has 1 heterocycles. The zero-order chi connectivity index (χ0) is 13.8. The first-order valence-corrected chi connectivity index (χ1v) is 5.64. The Labute approximate surface area is 108 Å². The Hall–Kier alpha value is -1.05. The predicted molar refractivity (Wildman–Crippen MR) is 64.1 cm³/mol. The number of alkyl halides is 3. The van der Waals surface area contributed by atoms with Gasteiger partial charge in [-0.1, -0.05) is 18.5 Å². The fourth-order valence-corrected chi connectivity index (χ4v) is 1.59. The molecule has 0 unspecified atom stereocenters. The van der Waals surface area contributed by atoms with Crippen LogP contribution in [-0.2, 0) is 6.54 Å². The van der Waals surface area contributed by atoms with Crippen LogP contribution in [0.15, 0.2) is 12.1 Å². The predicted octanol–water partition coefficient (Wildman–Crippen LogP) is 2.40. The van der Waals surface area contributed by atoms with E-state index in [0.29, 0.717) is 16.5 Å². The van der Waals surface area contributed by atoms with Crippen molar-refractivity contribution in [2.24, 2.45) is 5.84 Å². The summed E-state index contributed by atoms with van der Waals surface area (Å²) in [5, 5.41) is 0.314. The van der Waals surface area contributed by atoms with E-state index in [4.69, 9.17) is 17.4 Å². The van der Waals surface area contributed by atoms with Gasteiger partial charge in [0.2, 0.25) is 0 Å². The number of nitrogens with zero attached hydrogens (tertiary/aromatic N) is 2. The van der Waals surface area contributed by atoms with Crippen LogP contribution >= 0.6 is 11.6 Å². The van der Waals surface area contributed by atoms with Crippen LogP contribution in [0.2, 0.25) is 5.02 Å². The maximum absolute atomic E-state index is 12.3. The summed E-state index contributed by atoms with van der Waals surface area (Å²) < 4.78 is 36.9. The molecule has 8 heteroatoms. The lowest BCUT2D eigenvalue weighted by atomic mass is 10.3. The van der Waals surface area contributed by atoms with E-state index in [1.165, 1.54) is 4.90 Å². The van der Waals surface area contributed by atoms with Gasteiger partial charge in [0.15, 0.2) is 0 Å². The highest BCUT2D eigenvalue weighted by molar-refractivity contribution is 6.31. The molecule has 1 rings (SSSR count). The zero-order valence-corrected chi connectivity index (χ0v) is 10.5. The molecule has 0 fully saturated rings. The van der Waals surface area contributed by atoms with Gasteiger partial charge in [-0.25, -0.2) is 10.8 Å². The maximum Gasteiger partial charge on any atom is 0.401 e. The minimum Gasteiger partial charge on any atom is -0.308 e. The molecule has 1 aromatic rings. The highest BCUT2D eigenvalue weighted by Gasteiger charge is 2.30. The summed E-state index contributed by atoms with van der Waals surface area (Å²) in [6, 6.07) is 3.09. The largest absolute Gasteiger partial charge is 0.401 e. The van der Waals surface area contributed by atoms with Crippen LogP contribution in [0.4, 0.5) is 19.0 Å². The van der Waals surface area contributed by atoms with Gasteiger partial charge in [0, 0.05) is 6.54 Å². The highest BCUT2D eigenvalue weighted by Crippen LogP contribution is 2.21. The topological polar surface area (TPSA) is 54.2 Å².